The number of nitrogens with zero attached hydrogens (tertiary/aromatic N) is 1. The summed E-state index contributed by atoms with van der Waals surface area (Å²) in [5, 5.41) is 0. The highest BCUT2D eigenvalue weighted by Crippen LogP contribution is 2.64. The van der Waals surface area contributed by atoms with Crippen LogP contribution in [-0.2, 0) is 16.2 Å². The maximum atomic E-state index is 2.60. The van der Waals surface area contributed by atoms with Crippen LogP contribution in [0, 0.1) is 5.92 Å². The average Bonchev–Trinajstić information content (AvgIpc) is 3.93. The lowest BCUT2D eigenvalue weighted by Gasteiger charge is -2.33. The van der Waals surface area contributed by atoms with Crippen molar-refractivity contribution in [3.05, 3.63) is 214 Å². The quantitative estimate of drug-likeness (QED) is 0.172. The van der Waals surface area contributed by atoms with E-state index in [1.807, 2.05) is 27.7 Å². The number of fused-ring (bicyclic) bond motifs is 15. The smallest absolute Gasteiger partial charge is 0.0726 e. The predicted molar refractivity (Wildman–Crippen MR) is 261 cm³/mol. The highest BCUT2D eigenvalue weighted by Gasteiger charge is 2.52. The van der Waals surface area contributed by atoms with Gasteiger partial charge in [-0.2, -0.15) is 0 Å². The molecule has 5 aliphatic carbocycles. The molecule has 0 radical (unpaired) electrons. The van der Waals surface area contributed by atoms with E-state index >= 15 is 0 Å². The Morgan fingerprint density at radius 2 is 0.885 bits per heavy atom. The summed E-state index contributed by atoms with van der Waals surface area (Å²) >= 11 is 0. The van der Waals surface area contributed by atoms with E-state index in [0.717, 1.165) is 6.42 Å². The van der Waals surface area contributed by atoms with Gasteiger partial charge < -0.3 is 4.90 Å². The minimum absolute atomic E-state index is 0.0565. The first-order chi connectivity index (χ1) is 29.7. The predicted octanol–water partition coefficient (Wildman–Crippen LogP) is 16.5. The van der Waals surface area contributed by atoms with Crippen LogP contribution in [0.3, 0.4) is 0 Å². The summed E-state index contributed by atoms with van der Waals surface area (Å²) in [5.41, 5.74) is 25.1. The Kier molecular flexibility index (Phi) is 9.08. The normalized spacial score (nSPS) is 17.6. The molecule has 0 bridgehead atoms. The maximum Gasteiger partial charge on any atom is 0.0726 e. The average molecular weight is 792 g/mol. The van der Waals surface area contributed by atoms with Gasteiger partial charge in [0.25, 0.3) is 0 Å². The zero-order valence-electron chi connectivity index (χ0n) is 37.3. The van der Waals surface area contributed by atoms with E-state index in [-0.39, 0.29) is 10.8 Å². The van der Waals surface area contributed by atoms with Crippen molar-refractivity contribution in [2.45, 2.75) is 85.0 Å². The molecule has 0 saturated heterocycles. The van der Waals surface area contributed by atoms with Gasteiger partial charge in [0.05, 0.1) is 11.1 Å². The summed E-state index contributed by atoms with van der Waals surface area (Å²) in [7, 11) is 0. The van der Waals surface area contributed by atoms with Crippen LogP contribution in [-0.4, -0.2) is 0 Å². The number of hydrogen-bond acceptors (Lipinski definition) is 1. The molecule has 1 spiro atoms. The SMILES string of the molecule is CC.CC.CC1CC=CC2=C1C(C)(C)c1cccc(N(c3ccc4c(c3)C(C)(C)c3ccccc3-4)c3ccc4c(c3)C3(c5ccccc5-c5ccccc53)c3ccccc3-4)c12. The van der Waals surface area contributed by atoms with Gasteiger partial charge in [-0.15, -0.1) is 0 Å². The van der Waals surface area contributed by atoms with Gasteiger partial charge in [0, 0.05) is 27.8 Å². The van der Waals surface area contributed by atoms with E-state index in [0.29, 0.717) is 5.92 Å². The van der Waals surface area contributed by atoms with Crippen molar-refractivity contribution < 1.29 is 0 Å². The van der Waals surface area contributed by atoms with Gasteiger partial charge in [-0.05, 0) is 126 Å². The number of benzene rings is 7. The second-order valence-electron chi connectivity index (χ2n) is 18.0. The largest absolute Gasteiger partial charge is 0.310 e. The first-order valence-electron chi connectivity index (χ1n) is 22.8. The van der Waals surface area contributed by atoms with Gasteiger partial charge in [-0.25, -0.2) is 0 Å². The fraction of sp³-hybridized carbons (Fsp3) is 0.233. The number of anilines is 3. The van der Waals surface area contributed by atoms with E-state index in [1.165, 1.54) is 101 Å². The Labute approximate surface area is 364 Å². The number of allylic oxidation sites excluding steroid dienone is 4. The van der Waals surface area contributed by atoms with Crippen molar-refractivity contribution in [3.63, 3.8) is 0 Å². The van der Waals surface area contributed by atoms with Gasteiger partial charge >= 0.3 is 0 Å². The first-order valence-corrected chi connectivity index (χ1v) is 22.8. The molecular formula is C60H57N. The van der Waals surface area contributed by atoms with Crippen molar-refractivity contribution in [1.82, 2.24) is 0 Å². The van der Waals surface area contributed by atoms with Gasteiger partial charge in [-0.1, -0.05) is 196 Å². The Bertz CT molecular complexity index is 2900. The molecule has 0 N–H and O–H groups in total. The van der Waals surface area contributed by atoms with Crippen LogP contribution in [0.1, 0.15) is 113 Å². The summed E-state index contributed by atoms with van der Waals surface area (Å²) < 4.78 is 0. The molecule has 1 atom stereocenters. The summed E-state index contributed by atoms with van der Waals surface area (Å²) in [6.07, 6.45) is 5.91. The summed E-state index contributed by atoms with van der Waals surface area (Å²) in [5.74, 6) is 0.494. The Morgan fingerprint density at radius 1 is 0.443 bits per heavy atom. The molecule has 1 nitrogen and oxygen atoms in total. The molecule has 12 rings (SSSR count). The number of rotatable bonds is 3. The van der Waals surface area contributed by atoms with E-state index in [1.54, 1.807) is 5.57 Å². The van der Waals surface area contributed by atoms with Crippen molar-refractivity contribution in [3.8, 4) is 33.4 Å². The maximum absolute atomic E-state index is 2.60. The minimum Gasteiger partial charge on any atom is -0.310 e. The van der Waals surface area contributed by atoms with Gasteiger partial charge in [-0.3, -0.25) is 0 Å². The van der Waals surface area contributed by atoms with Crippen molar-refractivity contribution in [2.24, 2.45) is 5.92 Å². The highest BCUT2D eigenvalue weighted by atomic mass is 15.1. The van der Waals surface area contributed by atoms with Crippen LogP contribution >= 0.6 is 0 Å². The third-order valence-electron chi connectivity index (χ3n) is 14.5. The molecule has 0 fully saturated rings. The van der Waals surface area contributed by atoms with Crippen LogP contribution in [0.2, 0.25) is 0 Å². The van der Waals surface area contributed by atoms with Crippen LogP contribution < -0.4 is 4.90 Å². The lowest BCUT2D eigenvalue weighted by Crippen LogP contribution is -2.26. The third kappa shape index (κ3) is 5.13. The molecule has 0 saturated carbocycles. The minimum atomic E-state index is -0.416. The fourth-order valence-electron chi connectivity index (χ4n) is 12.2. The first kappa shape index (κ1) is 39.0. The van der Waals surface area contributed by atoms with Crippen LogP contribution in [0.5, 0.6) is 0 Å². The zero-order valence-corrected chi connectivity index (χ0v) is 37.3. The second kappa shape index (κ2) is 14.2. The van der Waals surface area contributed by atoms with E-state index in [9.17, 15) is 0 Å². The topological polar surface area (TPSA) is 3.24 Å². The highest BCUT2D eigenvalue weighted by molar-refractivity contribution is 5.99. The van der Waals surface area contributed by atoms with E-state index < -0.39 is 5.41 Å². The number of hydrogen-bond donors (Lipinski definition) is 0. The third-order valence-corrected chi connectivity index (χ3v) is 14.5. The molecule has 61 heavy (non-hydrogen) atoms. The molecule has 0 aromatic heterocycles. The second-order valence-corrected chi connectivity index (χ2v) is 18.0. The van der Waals surface area contributed by atoms with Crippen molar-refractivity contribution in [1.29, 1.82) is 0 Å². The lowest BCUT2D eigenvalue weighted by atomic mass is 9.70. The van der Waals surface area contributed by atoms with Gasteiger partial charge in [0.15, 0.2) is 0 Å². The van der Waals surface area contributed by atoms with Gasteiger partial charge in [0.2, 0.25) is 0 Å². The molecule has 302 valence electrons. The molecule has 0 heterocycles. The summed E-state index contributed by atoms with van der Waals surface area (Å²) in [6.45, 7) is 20.1. The Balaban J connectivity index is 0.00000108. The molecule has 0 amide bonds. The van der Waals surface area contributed by atoms with E-state index in [2.05, 4.69) is 203 Å². The molecular weight excluding hydrogens is 735 g/mol. The molecule has 1 unspecified atom stereocenters. The van der Waals surface area contributed by atoms with Crippen LogP contribution in [0.4, 0.5) is 17.1 Å². The van der Waals surface area contributed by atoms with Gasteiger partial charge in [0.1, 0.15) is 0 Å². The molecule has 0 aliphatic heterocycles. The lowest BCUT2D eigenvalue weighted by molar-refractivity contribution is 0.530. The summed E-state index contributed by atoms with van der Waals surface area (Å²) in [4.78, 5) is 2.60. The zero-order chi connectivity index (χ0) is 42.4. The van der Waals surface area contributed by atoms with E-state index in [4.69, 9.17) is 0 Å². The van der Waals surface area contributed by atoms with Crippen molar-refractivity contribution in [2.75, 3.05) is 4.90 Å². The standard InChI is InChI=1S/C56H45N.2C2H6/c1-34-16-14-21-43-52-48(55(4,5)53(34)43)26-15-27-51(52)57(35-28-30-41-37-17-6-10-22-44(37)54(2,3)49(41)32-35)36-29-31-42-40-20-9-13-25-47(40)56(50(42)33-36)45-23-11-7-18-38(45)39-19-8-12-24-46(39)56;2*1-2/h6-15,17-34H,16H2,1-5H3;2*1-2H3. The summed E-state index contributed by atoms with van der Waals surface area (Å²) in [6, 6.07) is 58.1. The molecule has 7 aromatic carbocycles. The molecule has 5 aliphatic rings. The Hall–Kier alpha value is -6.18. The van der Waals surface area contributed by atoms with Crippen LogP contribution in [0.25, 0.3) is 39.0 Å². The monoisotopic (exact) mass is 791 g/mol. The van der Waals surface area contributed by atoms with Crippen LogP contribution in [0.15, 0.2) is 169 Å². The molecule has 7 aromatic rings. The Morgan fingerprint density at radius 3 is 1.44 bits per heavy atom. The fourth-order valence-corrected chi connectivity index (χ4v) is 12.2. The molecule has 1 heteroatoms. The van der Waals surface area contributed by atoms with Crippen molar-refractivity contribution >= 4 is 22.6 Å².